The van der Waals surface area contributed by atoms with Gasteiger partial charge in [0.1, 0.15) is 5.82 Å². The lowest BCUT2D eigenvalue weighted by molar-refractivity contribution is 0.0924. The molecule has 4 rings (SSSR count). The van der Waals surface area contributed by atoms with Gasteiger partial charge in [0.2, 0.25) is 5.82 Å². The molecule has 7 heteroatoms. The molecule has 0 unspecified atom stereocenters. The fourth-order valence-corrected chi connectivity index (χ4v) is 3.99. The highest BCUT2D eigenvalue weighted by atomic mass is 16.2. The third kappa shape index (κ3) is 3.28. The van der Waals surface area contributed by atoms with Crippen LogP contribution >= 0.6 is 0 Å². The van der Waals surface area contributed by atoms with E-state index in [1.807, 2.05) is 30.8 Å². The zero-order valence-corrected chi connectivity index (χ0v) is 14.7. The number of hydrogen-bond acceptors (Lipinski definition) is 5. The average Bonchev–Trinajstić information content (AvgIpc) is 3.15. The van der Waals surface area contributed by atoms with Crippen molar-refractivity contribution in [3.05, 3.63) is 41.7 Å². The maximum absolute atomic E-state index is 12.3. The van der Waals surface area contributed by atoms with Gasteiger partial charge in [-0.1, -0.05) is 0 Å². The van der Waals surface area contributed by atoms with Crippen molar-refractivity contribution < 1.29 is 4.79 Å². The van der Waals surface area contributed by atoms with Gasteiger partial charge in [0.05, 0.1) is 0 Å². The van der Waals surface area contributed by atoms with Gasteiger partial charge in [0, 0.05) is 51.0 Å². The van der Waals surface area contributed by atoms with Crippen LogP contribution in [-0.4, -0.2) is 49.7 Å². The fraction of sp³-hybridized carbons (Fsp3) is 0.556. The summed E-state index contributed by atoms with van der Waals surface area (Å²) in [6, 6.07) is 4.25. The number of hydrogen-bond donors (Lipinski definition) is 1. The van der Waals surface area contributed by atoms with Crippen LogP contribution in [0.5, 0.6) is 0 Å². The summed E-state index contributed by atoms with van der Waals surface area (Å²) in [5, 5.41) is 11.3. The first kappa shape index (κ1) is 16.2. The third-order valence-corrected chi connectivity index (χ3v) is 5.12. The highest BCUT2D eigenvalue weighted by Crippen LogP contribution is 2.33. The van der Waals surface area contributed by atoms with E-state index in [0.717, 1.165) is 38.4 Å². The number of fused-ring (bicyclic) bond motifs is 2. The molecule has 0 saturated carbocycles. The highest BCUT2D eigenvalue weighted by molar-refractivity contribution is 5.90. The molecule has 0 bridgehead atoms. The van der Waals surface area contributed by atoms with Gasteiger partial charge in [0.25, 0.3) is 5.91 Å². The van der Waals surface area contributed by atoms with E-state index in [4.69, 9.17) is 0 Å². The fourth-order valence-electron chi connectivity index (χ4n) is 3.99. The van der Waals surface area contributed by atoms with E-state index in [1.54, 1.807) is 0 Å². The van der Waals surface area contributed by atoms with E-state index in [2.05, 4.69) is 37.5 Å². The number of carbonyl (C=O) groups excluding carboxylic acids is 1. The quantitative estimate of drug-likeness (QED) is 0.902. The van der Waals surface area contributed by atoms with Crippen molar-refractivity contribution in [3.8, 4) is 0 Å². The van der Waals surface area contributed by atoms with Crippen LogP contribution in [-0.2, 0) is 19.5 Å². The van der Waals surface area contributed by atoms with E-state index >= 15 is 0 Å². The molecule has 4 heterocycles. The SMILES string of the molecule is CC(C)NC(=O)c1nnc2n1C[C@@H]1CN(Cc3ccncc3)C[C@H]1C2. The molecule has 1 fully saturated rings. The second-order valence-corrected chi connectivity index (χ2v) is 7.45. The number of carbonyl (C=O) groups is 1. The van der Waals surface area contributed by atoms with Crippen LogP contribution in [0.4, 0.5) is 0 Å². The molecule has 2 aliphatic rings. The topological polar surface area (TPSA) is 75.9 Å². The number of nitrogens with zero attached hydrogens (tertiary/aromatic N) is 5. The molecule has 0 radical (unpaired) electrons. The molecule has 0 spiro atoms. The molecule has 132 valence electrons. The first-order valence-electron chi connectivity index (χ1n) is 8.94. The van der Waals surface area contributed by atoms with E-state index < -0.39 is 0 Å². The number of aromatic nitrogens is 4. The summed E-state index contributed by atoms with van der Waals surface area (Å²) >= 11 is 0. The summed E-state index contributed by atoms with van der Waals surface area (Å²) in [5.41, 5.74) is 1.30. The van der Waals surface area contributed by atoms with Crippen LogP contribution in [0.15, 0.2) is 24.5 Å². The third-order valence-electron chi connectivity index (χ3n) is 5.12. The highest BCUT2D eigenvalue weighted by Gasteiger charge is 2.39. The molecular weight excluding hydrogens is 316 g/mol. The van der Waals surface area contributed by atoms with Gasteiger partial charge in [-0.3, -0.25) is 14.7 Å². The van der Waals surface area contributed by atoms with Gasteiger partial charge in [-0.25, -0.2) is 0 Å². The molecule has 2 atom stereocenters. The summed E-state index contributed by atoms with van der Waals surface area (Å²) in [4.78, 5) is 18.9. The Kier molecular flexibility index (Phi) is 4.25. The molecule has 1 N–H and O–H groups in total. The maximum atomic E-state index is 12.3. The second kappa shape index (κ2) is 6.55. The summed E-state index contributed by atoms with van der Waals surface area (Å²) in [5.74, 6) is 2.42. The van der Waals surface area contributed by atoms with Gasteiger partial charge in [-0.15, -0.1) is 10.2 Å². The standard InChI is InChI=1S/C18H24N6O/c1-12(2)20-18(25)17-22-21-16-7-14-9-23(10-15(14)11-24(16)17)8-13-3-5-19-6-4-13/h3-6,12,14-15H,7-11H2,1-2H3,(H,20,25)/t14-,15+/m1/s1. The first-order chi connectivity index (χ1) is 12.1. The van der Waals surface area contributed by atoms with Crippen molar-refractivity contribution in [2.75, 3.05) is 13.1 Å². The van der Waals surface area contributed by atoms with E-state index in [1.165, 1.54) is 5.56 Å². The summed E-state index contributed by atoms with van der Waals surface area (Å²) in [6.45, 7) is 7.82. The monoisotopic (exact) mass is 340 g/mol. The van der Waals surface area contributed by atoms with Crippen LogP contribution in [0, 0.1) is 11.8 Å². The average molecular weight is 340 g/mol. The predicted molar refractivity (Wildman–Crippen MR) is 92.8 cm³/mol. The van der Waals surface area contributed by atoms with Crippen molar-refractivity contribution in [2.45, 2.75) is 39.4 Å². The van der Waals surface area contributed by atoms with Crippen molar-refractivity contribution >= 4 is 5.91 Å². The van der Waals surface area contributed by atoms with E-state index in [9.17, 15) is 4.79 Å². The van der Waals surface area contributed by atoms with Gasteiger partial charge in [0.15, 0.2) is 0 Å². The molecule has 0 aliphatic carbocycles. The molecule has 1 saturated heterocycles. The summed E-state index contributed by atoms with van der Waals surface area (Å²) < 4.78 is 2.02. The molecule has 0 aromatic carbocycles. The molecule has 1 amide bonds. The van der Waals surface area contributed by atoms with Crippen LogP contribution in [0.3, 0.4) is 0 Å². The lowest BCUT2D eigenvalue weighted by atomic mass is 9.89. The lowest BCUT2D eigenvalue weighted by Crippen LogP contribution is -2.35. The Hall–Kier alpha value is -2.28. The minimum atomic E-state index is -0.126. The zero-order valence-electron chi connectivity index (χ0n) is 14.7. The number of rotatable bonds is 4. The number of amides is 1. The lowest BCUT2D eigenvalue weighted by Gasteiger charge is -2.25. The van der Waals surface area contributed by atoms with Crippen molar-refractivity contribution in [1.29, 1.82) is 0 Å². The molecule has 2 aromatic rings. The Bertz CT molecular complexity index is 756. The Morgan fingerprint density at radius 1 is 1.20 bits per heavy atom. The van der Waals surface area contributed by atoms with Crippen molar-refractivity contribution in [3.63, 3.8) is 0 Å². The number of pyridine rings is 1. The molecule has 7 nitrogen and oxygen atoms in total. The number of nitrogens with one attached hydrogen (secondary N) is 1. The Morgan fingerprint density at radius 2 is 1.96 bits per heavy atom. The largest absolute Gasteiger partial charge is 0.347 e. The zero-order chi connectivity index (χ0) is 17.4. The van der Waals surface area contributed by atoms with Gasteiger partial charge >= 0.3 is 0 Å². The molecule has 25 heavy (non-hydrogen) atoms. The molecule has 2 aliphatic heterocycles. The Morgan fingerprint density at radius 3 is 2.72 bits per heavy atom. The minimum Gasteiger partial charge on any atom is -0.347 e. The minimum absolute atomic E-state index is 0.0964. The molecular formula is C18H24N6O. The smallest absolute Gasteiger partial charge is 0.289 e. The van der Waals surface area contributed by atoms with Crippen LogP contribution in [0.25, 0.3) is 0 Å². The van der Waals surface area contributed by atoms with E-state index in [0.29, 0.717) is 17.7 Å². The summed E-state index contributed by atoms with van der Waals surface area (Å²) in [7, 11) is 0. The normalized spacial score (nSPS) is 22.7. The van der Waals surface area contributed by atoms with Gasteiger partial charge in [-0.2, -0.15) is 0 Å². The van der Waals surface area contributed by atoms with Crippen molar-refractivity contribution in [2.24, 2.45) is 11.8 Å². The van der Waals surface area contributed by atoms with E-state index in [-0.39, 0.29) is 11.9 Å². The van der Waals surface area contributed by atoms with Gasteiger partial charge < -0.3 is 9.88 Å². The predicted octanol–water partition coefficient (Wildman–Crippen LogP) is 1.12. The Balaban J connectivity index is 1.45. The molecule has 2 aromatic heterocycles. The van der Waals surface area contributed by atoms with Crippen LogP contribution < -0.4 is 5.32 Å². The van der Waals surface area contributed by atoms with Crippen molar-refractivity contribution in [1.82, 2.24) is 30.0 Å². The van der Waals surface area contributed by atoms with Gasteiger partial charge in [-0.05, 0) is 43.4 Å². The van der Waals surface area contributed by atoms with Crippen LogP contribution in [0.2, 0.25) is 0 Å². The first-order valence-corrected chi connectivity index (χ1v) is 8.94. The maximum Gasteiger partial charge on any atom is 0.289 e. The second-order valence-electron chi connectivity index (χ2n) is 7.45. The van der Waals surface area contributed by atoms with Crippen LogP contribution in [0.1, 0.15) is 35.9 Å². The Labute approximate surface area is 147 Å². The number of likely N-dealkylation sites (tertiary alicyclic amines) is 1. The summed E-state index contributed by atoms with van der Waals surface area (Å²) in [6.07, 6.45) is 4.60.